The van der Waals surface area contributed by atoms with Crippen molar-refractivity contribution in [3.63, 3.8) is 0 Å². The third kappa shape index (κ3) is 4.16. The Morgan fingerprint density at radius 1 is 1.14 bits per heavy atom. The standard InChI is InChI=1S/C16H19N3OS/c1-10-5-6-15(12(3)7-10)18-16(21)19-17-9-14-8-11(2)13(4)20-14/h5-9H,1-4H3,(H2,18,19,21)/b17-9+. The molecule has 2 rings (SSSR count). The summed E-state index contributed by atoms with van der Waals surface area (Å²) in [5, 5.41) is 7.63. The largest absolute Gasteiger partial charge is 0.460 e. The SMILES string of the molecule is Cc1ccc(NC(=S)N/N=C/c2cc(C)c(C)o2)c(C)c1. The number of aryl methyl sites for hydroxylation is 4. The highest BCUT2D eigenvalue weighted by atomic mass is 32.1. The molecule has 0 spiro atoms. The fourth-order valence-corrected chi connectivity index (χ4v) is 2.09. The van der Waals surface area contributed by atoms with Crippen molar-refractivity contribution < 1.29 is 4.42 Å². The Balaban J connectivity index is 1.93. The van der Waals surface area contributed by atoms with Crippen molar-refractivity contribution in [2.24, 2.45) is 5.10 Å². The highest BCUT2D eigenvalue weighted by Gasteiger charge is 2.02. The van der Waals surface area contributed by atoms with Crippen molar-refractivity contribution in [3.05, 3.63) is 52.5 Å². The number of hydrazone groups is 1. The summed E-state index contributed by atoms with van der Waals surface area (Å²) in [6.45, 7) is 8.02. The van der Waals surface area contributed by atoms with E-state index >= 15 is 0 Å². The van der Waals surface area contributed by atoms with Crippen molar-refractivity contribution in [1.29, 1.82) is 0 Å². The molecule has 0 atom stereocenters. The predicted molar refractivity (Wildman–Crippen MR) is 91.0 cm³/mol. The van der Waals surface area contributed by atoms with Crippen LogP contribution in [0, 0.1) is 27.7 Å². The molecular formula is C16H19N3OS. The van der Waals surface area contributed by atoms with E-state index in [1.165, 1.54) is 5.56 Å². The van der Waals surface area contributed by atoms with Gasteiger partial charge in [0.1, 0.15) is 11.5 Å². The molecule has 0 radical (unpaired) electrons. The summed E-state index contributed by atoms with van der Waals surface area (Å²) < 4.78 is 5.49. The van der Waals surface area contributed by atoms with Crippen LogP contribution in [0.3, 0.4) is 0 Å². The van der Waals surface area contributed by atoms with E-state index in [2.05, 4.69) is 28.8 Å². The zero-order valence-corrected chi connectivity index (χ0v) is 13.5. The van der Waals surface area contributed by atoms with Crippen LogP contribution in [0.15, 0.2) is 33.8 Å². The Morgan fingerprint density at radius 2 is 1.90 bits per heavy atom. The van der Waals surface area contributed by atoms with Crippen LogP contribution in [-0.2, 0) is 0 Å². The lowest BCUT2D eigenvalue weighted by Crippen LogP contribution is -2.24. The first kappa shape index (κ1) is 15.3. The molecule has 1 aromatic carbocycles. The van der Waals surface area contributed by atoms with E-state index in [0.29, 0.717) is 10.9 Å². The first-order chi connectivity index (χ1) is 9.95. The van der Waals surface area contributed by atoms with Crippen molar-refractivity contribution in [3.8, 4) is 0 Å². The molecule has 2 aromatic rings. The second-order valence-corrected chi connectivity index (χ2v) is 5.44. The number of furan rings is 1. The normalized spacial score (nSPS) is 10.9. The first-order valence-corrected chi connectivity index (χ1v) is 7.11. The third-order valence-electron chi connectivity index (χ3n) is 3.17. The summed E-state index contributed by atoms with van der Waals surface area (Å²) in [5.41, 5.74) is 7.21. The fraction of sp³-hybridized carbons (Fsp3) is 0.250. The highest BCUT2D eigenvalue weighted by molar-refractivity contribution is 7.80. The van der Waals surface area contributed by atoms with Gasteiger partial charge in [0.05, 0.1) is 6.21 Å². The zero-order valence-electron chi connectivity index (χ0n) is 12.7. The molecule has 0 aliphatic rings. The number of rotatable bonds is 3. The molecule has 0 unspecified atom stereocenters. The maximum atomic E-state index is 5.49. The minimum atomic E-state index is 0.443. The lowest BCUT2D eigenvalue weighted by atomic mass is 10.1. The van der Waals surface area contributed by atoms with E-state index in [1.807, 2.05) is 39.0 Å². The van der Waals surface area contributed by atoms with Gasteiger partial charge in [-0.05, 0) is 63.2 Å². The van der Waals surface area contributed by atoms with Gasteiger partial charge >= 0.3 is 0 Å². The molecule has 0 saturated heterocycles. The molecule has 21 heavy (non-hydrogen) atoms. The summed E-state index contributed by atoms with van der Waals surface area (Å²) >= 11 is 5.21. The van der Waals surface area contributed by atoms with Crippen molar-refractivity contribution in [2.45, 2.75) is 27.7 Å². The summed E-state index contributed by atoms with van der Waals surface area (Å²) in [6, 6.07) is 8.07. The molecule has 0 bridgehead atoms. The molecule has 0 aliphatic carbocycles. The van der Waals surface area contributed by atoms with Gasteiger partial charge < -0.3 is 9.73 Å². The number of thiocarbonyl (C=S) groups is 1. The minimum Gasteiger partial charge on any atom is -0.460 e. The highest BCUT2D eigenvalue weighted by Crippen LogP contribution is 2.15. The van der Waals surface area contributed by atoms with Gasteiger partial charge in [0.25, 0.3) is 0 Å². The van der Waals surface area contributed by atoms with Crippen LogP contribution in [-0.4, -0.2) is 11.3 Å². The zero-order chi connectivity index (χ0) is 15.4. The van der Waals surface area contributed by atoms with E-state index in [-0.39, 0.29) is 0 Å². The molecule has 1 aromatic heterocycles. The van der Waals surface area contributed by atoms with Gasteiger partial charge in [0.15, 0.2) is 5.11 Å². The second kappa shape index (κ2) is 6.54. The maximum Gasteiger partial charge on any atom is 0.191 e. The van der Waals surface area contributed by atoms with Gasteiger partial charge in [0, 0.05) is 5.69 Å². The van der Waals surface area contributed by atoms with Gasteiger partial charge in [-0.3, -0.25) is 5.43 Å². The maximum absolute atomic E-state index is 5.49. The average molecular weight is 301 g/mol. The molecule has 5 heteroatoms. The van der Waals surface area contributed by atoms with Crippen LogP contribution in [0.1, 0.15) is 28.2 Å². The van der Waals surface area contributed by atoms with Crippen LogP contribution < -0.4 is 10.7 Å². The van der Waals surface area contributed by atoms with Crippen molar-refractivity contribution in [1.82, 2.24) is 5.43 Å². The number of hydrogen-bond donors (Lipinski definition) is 2. The summed E-state index contributed by atoms with van der Waals surface area (Å²) in [5.74, 6) is 1.60. The lowest BCUT2D eigenvalue weighted by molar-refractivity contribution is 0.525. The monoisotopic (exact) mass is 301 g/mol. The number of hydrogen-bond acceptors (Lipinski definition) is 3. The molecule has 110 valence electrons. The van der Waals surface area contributed by atoms with E-state index in [4.69, 9.17) is 16.6 Å². The van der Waals surface area contributed by atoms with Crippen LogP contribution >= 0.6 is 12.2 Å². The smallest absolute Gasteiger partial charge is 0.191 e. The molecule has 0 amide bonds. The van der Waals surface area contributed by atoms with Gasteiger partial charge in [-0.2, -0.15) is 5.10 Å². The Hall–Kier alpha value is -2.14. The minimum absolute atomic E-state index is 0.443. The predicted octanol–water partition coefficient (Wildman–Crippen LogP) is 3.83. The van der Waals surface area contributed by atoms with Crippen LogP contribution in [0.2, 0.25) is 0 Å². The van der Waals surface area contributed by atoms with Gasteiger partial charge in [0.2, 0.25) is 0 Å². The van der Waals surface area contributed by atoms with E-state index in [1.54, 1.807) is 6.21 Å². The van der Waals surface area contributed by atoms with Gasteiger partial charge in [-0.25, -0.2) is 0 Å². The number of nitrogens with zero attached hydrogens (tertiary/aromatic N) is 1. The number of benzene rings is 1. The lowest BCUT2D eigenvalue weighted by Gasteiger charge is -2.10. The first-order valence-electron chi connectivity index (χ1n) is 6.70. The van der Waals surface area contributed by atoms with E-state index in [9.17, 15) is 0 Å². The van der Waals surface area contributed by atoms with Crippen molar-refractivity contribution in [2.75, 3.05) is 5.32 Å². The average Bonchev–Trinajstić information content (AvgIpc) is 2.72. The molecule has 0 fully saturated rings. The molecule has 1 heterocycles. The molecule has 4 nitrogen and oxygen atoms in total. The van der Waals surface area contributed by atoms with E-state index in [0.717, 1.165) is 22.6 Å². The fourth-order valence-electron chi connectivity index (χ4n) is 1.92. The second-order valence-electron chi connectivity index (χ2n) is 5.03. The number of nitrogens with one attached hydrogen (secondary N) is 2. The molecule has 0 aliphatic heterocycles. The topological polar surface area (TPSA) is 49.6 Å². The molecular weight excluding hydrogens is 282 g/mol. The number of anilines is 1. The Labute approximate surface area is 130 Å². The summed E-state index contributed by atoms with van der Waals surface area (Å²) in [7, 11) is 0. The summed E-state index contributed by atoms with van der Waals surface area (Å²) in [4.78, 5) is 0. The van der Waals surface area contributed by atoms with Crippen LogP contribution in [0.5, 0.6) is 0 Å². The quantitative estimate of drug-likeness (QED) is 0.514. The third-order valence-corrected chi connectivity index (χ3v) is 3.37. The van der Waals surface area contributed by atoms with Crippen LogP contribution in [0.4, 0.5) is 5.69 Å². The Bertz CT molecular complexity index is 669. The molecule has 0 saturated carbocycles. The van der Waals surface area contributed by atoms with Crippen LogP contribution in [0.25, 0.3) is 0 Å². The summed E-state index contributed by atoms with van der Waals surface area (Å²) in [6.07, 6.45) is 1.61. The van der Waals surface area contributed by atoms with Crippen molar-refractivity contribution >= 4 is 29.2 Å². The van der Waals surface area contributed by atoms with Gasteiger partial charge in [-0.15, -0.1) is 0 Å². The Morgan fingerprint density at radius 3 is 2.52 bits per heavy atom. The van der Waals surface area contributed by atoms with Gasteiger partial charge in [-0.1, -0.05) is 17.7 Å². The van der Waals surface area contributed by atoms with E-state index < -0.39 is 0 Å². The molecule has 2 N–H and O–H groups in total. The Kier molecular flexibility index (Phi) is 4.75.